The van der Waals surface area contributed by atoms with Crippen molar-refractivity contribution in [1.29, 1.82) is 0 Å². The Morgan fingerprint density at radius 3 is 2.93 bits per heavy atom. The van der Waals surface area contributed by atoms with Gasteiger partial charge in [0.25, 0.3) is 0 Å². The van der Waals surface area contributed by atoms with Gasteiger partial charge in [-0.15, -0.1) is 0 Å². The summed E-state index contributed by atoms with van der Waals surface area (Å²) in [6, 6.07) is 5.12. The Bertz CT molecular complexity index is 358. The molecule has 2 rings (SSSR count). The summed E-state index contributed by atoms with van der Waals surface area (Å²) in [5, 5.41) is 4.31. The van der Waals surface area contributed by atoms with Gasteiger partial charge in [0.2, 0.25) is 0 Å². The lowest BCUT2D eigenvalue weighted by Crippen LogP contribution is -2.19. The molecular weight excluding hydrogens is 233 g/mol. The summed E-state index contributed by atoms with van der Waals surface area (Å²) in [5.41, 5.74) is 0.555. The first kappa shape index (κ1) is 11.1. The molecule has 1 aliphatic heterocycles. The van der Waals surface area contributed by atoms with Gasteiger partial charge in [0.05, 0.1) is 5.69 Å². The molecule has 0 aliphatic carbocycles. The molecular formula is C11H13ClFNS. The number of thioether (sulfide) groups is 1. The molecule has 1 aromatic rings. The molecule has 82 valence electrons. The fourth-order valence-electron chi connectivity index (χ4n) is 1.74. The summed E-state index contributed by atoms with van der Waals surface area (Å²) < 4.78 is 13.4. The topological polar surface area (TPSA) is 12.0 Å². The first-order chi connectivity index (χ1) is 7.15. The fraction of sp³-hybridized carbons (Fsp3) is 0.455. The van der Waals surface area contributed by atoms with E-state index in [4.69, 9.17) is 11.6 Å². The molecule has 1 aliphatic rings. The Labute approximate surface area is 98.4 Å². The summed E-state index contributed by atoms with van der Waals surface area (Å²) in [7, 11) is 0. The van der Waals surface area contributed by atoms with E-state index in [0.29, 0.717) is 22.0 Å². The average molecular weight is 246 g/mol. The minimum atomic E-state index is -0.271. The molecule has 1 fully saturated rings. The predicted octanol–water partition coefficient (Wildman–Crippen LogP) is 3.79. The summed E-state index contributed by atoms with van der Waals surface area (Å²) in [6.45, 7) is 2.20. The lowest BCUT2D eigenvalue weighted by atomic mass is 10.2. The Kier molecular flexibility index (Phi) is 3.42. The Hall–Kier alpha value is -0.410. The third-order valence-electron chi connectivity index (χ3n) is 2.49. The molecule has 1 N–H and O–H groups in total. The van der Waals surface area contributed by atoms with Crippen molar-refractivity contribution in [2.75, 3.05) is 11.1 Å². The zero-order valence-corrected chi connectivity index (χ0v) is 10.0. The molecule has 0 aromatic heterocycles. The fourth-order valence-corrected chi connectivity index (χ4v) is 3.05. The van der Waals surface area contributed by atoms with Gasteiger partial charge >= 0.3 is 0 Å². The second kappa shape index (κ2) is 4.62. The first-order valence-electron chi connectivity index (χ1n) is 4.98. The highest BCUT2D eigenvalue weighted by molar-refractivity contribution is 8.00. The third kappa shape index (κ3) is 2.79. The van der Waals surface area contributed by atoms with Crippen LogP contribution in [-0.2, 0) is 0 Å². The van der Waals surface area contributed by atoms with Gasteiger partial charge in [-0.25, -0.2) is 4.39 Å². The van der Waals surface area contributed by atoms with E-state index in [9.17, 15) is 4.39 Å². The molecule has 4 heteroatoms. The molecule has 1 saturated heterocycles. The van der Waals surface area contributed by atoms with Crippen molar-refractivity contribution in [3.8, 4) is 0 Å². The van der Waals surface area contributed by atoms with Crippen molar-refractivity contribution in [2.24, 2.45) is 0 Å². The number of halogens is 2. The highest BCUT2D eigenvalue weighted by Gasteiger charge is 2.22. The quantitative estimate of drug-likeness (QED) is 0.851. The SMILES string of the molecule is CC1CC(Nc2ccc(Cl)cc2F)CS1. The summed E-state index contributed by atoms with van der Waals surface area (Å²) in [6.07, 6.45) is 1.09. The largest absolute Gasteiger partial charge is 0.379 e. The Morgan fingerprint density at radius 2 is 2.33 bits per heavy atom. The summed E-state index contributed by atoms with van der Waals surface area (Å²) in [4.78, 5) is 0. The van der Waals surface area contributed by atoms with Crippen LogP contribution in [0.25, 0.3) is 0 Å². The van der Waals surface area contributed by atoms with Gasteiger partial charge in [-0.3, -0.25) is 0 Å². The second-order valence-corrected chi connectivity index (χ2v) is 5.75. The number of anilines is 1. The van der Waals surface area contributed by atoms with Crippen LogP contribution in [0, 0.1) is 5.82 Å². The van der Waals surface area contributed by atoms with Crippen LogP contribution in [-0.4, -0.2) is 17.0 Å². The highest BCUT2D eigenvalue weighted by atomic mass is 35.5. The standard InChI is InChI=1S/C11H13ClFNS/c1-7-4-9(6-15-7)14-11-3-2-8(12)5-10(11)13/h2-3,5,7,9,14H,4,6H2,1H3. The molecule has 1 heterocycles. The van der Waals surface area contributed by atoms with Crippen LogP contribution in [0.1, 0.15) is 13.3 Å². The third-order valence-corrected chi connectivity index (χ3v) is 4.08. The van der Waals surface area contributed by atoms with Gasteiger partial charge in [-0.2, -0.15) is 11.8 Å². The van der Waals surface area contributed by atoms with E-state index in [1.165, 1.54) is 6.07 Å². The van der Waals surface area contributed by atoms with Gasteiger partial charge in [0, 0.05) is 22.1 Å². The zero-order valence-electron chi connectivity index (χ0n) is 8.47. The lowest BCUT2D eigenvalue weighted by Gasteiger charge is -2.13. The minimum Gasteiger partial charge on any atom is -0.379 e. The minimum absolute atomic E-state index is 0.271. The molecule has 15 heavy (non-hydrogen) atoms. The normalized spacial score (nSPS) is 25.5. The zero-order chi connectivity index (χ0) is 10.8. The van der Waals surface area contributed by atoms with Gasteiger partial charge in [-0.1, -0.05) is 18.5 Å². The van der Waals surface area contributed by atoms with Gasteiger partial charge in [0.1, 0.15) is 5.82 Å². The average Bonchev–Trinajstić information content (AvgIpc) is 2.56. The van der Waals surface area contributed by atoms with E-state index in [2.05, 4.69) is 12.2 Å². The number of rotatable bonds is 2. The molecule has 1 nitrogen and oxygen atoms in total. The van der Waals surface area contributed by atoms with E-state index in [0.717, 1.165) is 12.2 Å². The maximum absolute atomic E-state index is 13.4. The van der Waals surface area contributed by atoms with Crippen molar-refractivity contribution in [1.82, 2.24) is 0 Å². The van der Waals surface area contributed by atoms with Crippen LogP contribution in [0.4, 0.5) is 10.1 Å². The molecule has 2 atom stereocenters. The van der Waals surface area contributed by atoms with Crippen molar-refractivity contribution < 1.29 is 4.39 Å². The molecule has 0 spiro atoms. The molecule has 0 amide bonds. The number of hydrogen-bond donors (Lipinski definition) is 1. The lowest BCUT2D eigenvalue weighted by molar-refractivity contribution is 0.625. The van der Waals surface area contributed by atoms with Crippen molar-refractivity contribution in [3.63, 3.8) is 0 Å². The van der Waals surface area contributed by atoms with E-state index >= 15 is 0 Å². The second-order valence-electron chi connectivity index (χ2n) is 3.85. The molecule has 1 aromatic carbocycles. The monoisotopic (exact) mass is 245 g/mol. The highest BCUT2D eigenvalue weighted by Crippen LogP contribution is 2.29. The Morgan fingerprint density at radius 1 is 1.53 bits per heavy atom. The van der Waals surface area contributed by atoms with Gasteiger partial charge < -0.3 is 5.32 Å². The van der Waals surface area contributed by atoms with Crippen LogP contribution >= 0.6 is 23.4 Å². The maximum Gasteiger partial charge on any atom is 0.147 e. The number of hydrogen-bond acceptors (Lipinski definition) is 2. The van der Waals surface area contributed by atoms with Crippen LogP contribution in [0.2, 0.25) is 5.02 Å². The molecule has 0 saturated carbocycles. The molecule has 2 unspecified atom stereocenters. The first-order valence-corrected chi connectivity index (χ1v) is 6.41. The van der Waals surface area contributed by atoms with Gasteiger partial charge in [-0.05, 0) is 24.6 Å². The number of nitrogens with one attached hydrogen (secondary N) is 1. The summed E-state index contributed by atoms with van der Waals surface area (Å²) in [5.74, 6) is 0.774. The molecule has 0 bridgehead atoms. The van der Waals surface area contributed by atoms with Crippen LogP contribution in [0.5, 0.6) is 0 Å². The predicted molar refractivity (Wildman–Crippen MR) is 65.4 cm³/mol. The molecule has 0 radical (unpaired) electrons. The van der Waals surface area contributed by atoms with Crippen LogP contribution < -0.4 is 5.32 Å². The van der Waals surface area contributed by atoms with E-state index in [1.807, 2.05) is 11.8 Å². The van der Waals surface area contributed by atoms with E-state index < -0.39 is 0 Å². The Balaban J connectivity index is 2.04. The van der Waals surface area contributed by atoms with Crippen molar-refractivity contribution in [2.45, 2.75) is 24.6 Å². The van der Waals surface area contributed by atoms with Crippen LogP contribution in [0.15, 0.2) is 18.2 Å². The van der Waals surface area contributed by atoms with Crippen molar-refractivity contribution >= 4 is 29.1 Å². The summed E-state index contributed by atoms with van der Waals surface area (Å²) >= 11 is 7.61. The van der Waals surface area contributed by atoms with E-state index in [-0.39, 0.29) is 5.82 Å². The van der Waals surface area contributed by atoms with E-state index in [1.54, 1.807) is 12.1 Å². The smallest absolute Gasteiger partial charge is 0.147 e. The maximum atomic E-state index is 13.4. The van der Waals surface area contributed by atoms with Gasteiger partial charge in [0.15, 0.2) is 0 Å². The van der Waals surface area contributed by atoms with Crippen LogP contribution in [0.3, 0.4) is 0 Å². The van der Waals surface area contributed by atoms with Crippen molar-refractivity contribution in [3.05, 3.63) is 29.0 Å². The number of benzene rings is 1.